The zero-order chi connectivity index (χ0) is 19.9. The Kier molecular flexibility index (Phi) is 5.69. The topological polar surface area (TPSA) is 62.1 Å². The normalized spacial score (nSPS) is 10.8. The number of carbonyl (C=O) groups is 1. The van der Waals surface area contributed by atoms with Crippen LogP contribution in [0.25, 0.3) is 16.8 Å². The van der Waals surface area contributed by atoms with E-state index in [9.17, 15) is 14.4 Å². The summed E-state index contributed by atoms with van der Waals surface area (Å²) >= 11 is 0. The van der Waals surface area contributed by atoms with Crippen LogP contribution in [-0.2, 0) is 4.79 Å². The minimum atomic E-state index is -0.607. The SMILES string of the molecule is C#CCOc1ccc2ccccc2c1/C=C(\C#N)C(=O)Nc1ccc(F)cc1. The number of nitrogens with one attached hydrogen (secondary N) is 1. The van der Waals surface area contributed by atoms with Crippen LogP contribution in [0.5, 0.6) is 5.75 Å². The second-order valence-electron chi connectivity index (χ2n) is 5.82. The maximum absolute atomic E-state index is 13.0. The van der Waals surface area contributed by atoms with Gasteiger partial charge in [0.1, 0.15) is 29.8 Å². The van der Waals surface area contributed by atoms with Crippen LogP contribution in [0, 0.1) is 29.5 Å². The number of anilines is 1. The fraction of sp³-hybridized carbons (Fsp3) is 0.0435. The minimum absolute atomic E-state index is 0.0584. The van der Waals surface area contributed by atoms with Gasteiger partial charge in [-0.1, -0.05) is 36.3 Å². The first kappa shape index (κ1) is 18.7. The van der Waals surface area contributed by atoms with Gasteiger partial charge in [-0.2, -0.15) is 5.26 Å². The second kappa shape index (κ2) is 8.53. The Morgan fingerprint density at radius 2 is 1.89 bits per heavy atom. The Morgan fingerprint density at radius 1 is 1.14 bits per heavy atom. The summed E-state index contributed by atoms with van der Waals surface area (Å²) in [6.45, 7) is 0.0584. The average Bonchev–Trinajstić information content (AvgIpc) is 2.72. The van der Waals surface area contributed by atoms with Crippen LogP contribution in [0.4, 0.5) is 10.1 Å². The molecule has 4 nitrogen and oxygen atoms in total. The van der Waals surface area contributed by atoms with Gasteiger partial charge in [0.25, 0.3) is 5.91 Å². The number of terminal acetylenes is 1. The van der Waals surface area contributed by atoms with Crippen molar-refractivity contribution in [1.82, 2.24) is 0 Å². The van der Waals surface area contributed by atoms with Gasteiger partial charge in [-0.25, -0.2) is 4.39 Å². The van der Waals surface area contributed by atoms with E-state index in [2.05, 4.69) is 11.2 Å². The highest BCUT2D eigenvalue weighted by atomic mass is 19.1. The number of hydrogen-bond acceptors (Lipinski definition) is 3. The van der Waals surface area contributed by atoms with Crippen LogP contribution >= 0.6 is 0 Å². The van der Waals surface area contributed by atoms with Gasteiger partial charge in [0, 0.05) is 11.3 Å². The van der Waals surface area contributed by atoms with Crippen molar-refractivity contribution in [3.05, 3.63) is 77.6 Å². The van der Waals surface area contributed by atoms with E-state index >= 15 is 0 Å². The maximum atomic E-state index is 13.0. The largest absolute Gasteiger partial charge is 0.480 e. The highest BCUT2D eigenvalue weighted by Gasteiger charge is 2.13. The molecule has 0 aliphatic heterocycles. The zero-order valence-electron chi connectivity index (χ0n) is 14.8. The Hall–Kier alpha value is -4.09. The molecule has 0 bridgehead atoms. The molecule has 0 aliphatic carbocycles. The minimum Gasteiger partial charge on any atom is -0.480 e. The Morgan fingerprint density at radius 3 is 2.61 bits per heavy atom. The van der Waals surface area contributed by atoms with Crippen molar-refractivity contribution < 1.29 is 13.9 Å². The van der Waals surface area contributed by atoms with Gasteiger partial charge in [-0.3, -0.25) is 4.79 Å². The number of nitriles is 1. The molecule has 0 radical (unpaired) electrons. The lowest BCUT2D eigenvalue weighted by Crippen LogP contribution is -2.13. The highest BCUT2D eigenvalue weighted by Crippen LogP contribution is 2.30. The van der Waals surface area contributed by atoms with E-state index in [1.165, 1.54) is 30.3 Å². The third-order valence-corrected chi connectivity index (χ3v) is 4.00. The quantitative estimate of drug-likeness (QED) is 0.408. The fourth-order valence-corrected chi connectivity index (χ4v) is 2.69. The van der Waals surface area contributed by atoms with E-state index < -0.39 is 11.7 Å². The number of benzene rings is 3. The van der Waals surface area contributed by atoms with Crippen LogP contribution in [0.1, 0.15) is 5.56 Å². The summed E-state index contributed by atoms with van der Waals surface area (Å²) in [4.78, 5) is 12.5. The summed E-state index contributed by atoms with van der Waals surface area (Å²) in [7, 11) is 0. The van der Waals surface area contributed by atoms with E-state index in [0.717, 1.165) is 10.8 Å². The maximum Gasteiger partial charge on any atom is 0.266 e. The molecular weight excluding hydrogens is 355 g/mol. The lowest BCUT2D eigenvalue weighted by molar-refractivity contribution is -0.112. The molecule has 0 aliphatic rings. The Balaban J connectivity index is 2.02. The number of ether oxygens (including phenoxy) is 1. The van der Waals surface area contributed by atoms with Crippen LogP contribution in [0.2, 0.25) is 0 Å². The molecule has 3 aromatic rings. The lowest BCUT2D eigenvalue weighted by Gasteiger charge is -2.11. The van der Waals surface area contributed by atoms with Gasteiger partial charge < -0.3 is 10.1 Å². The van der Waals surface area contributed by atoms with Gasteiger partial charge in [0.2, 0.25) is 0 Å². The van der Waals surface area contributed by atoms with Crippen molar-refractivity contribution in [2.45, 2.75) is 0 Å². The first-order valence-corrected chi connectivity index (χ1v) is 8.39. The van der Waals surface area contributed by atoms with Gasteiger partial charge in [-0.15, -0.1) is 6.42 Å². The van der Waals surface area contributed by atoms with Crippen LogP contribution in [-0.4, -0.2) is 12.5 Å². The first-order valence-electron chi connectivity index (χ1n) is 8.39. The number of nitrogens with zero attached hydrogens (tertiary/aromatic N) is 1. The molecule has 3 rings (SSSR count). The summed E-state index contributed by atoms with van der Waals surface area (Å²) in [5.74, 6) is 1.85. The number of halogens is 1. The zero-order valence-corrected chi connectivity index (χ0v) is 14.8. The van der Waals surface area contributed by atoms with Crippen LogP contribution in [0.3, 0.4) is 0 Å². The monoisotopic (exact) mass is 370 g/mol. The third kappa shape index (κ3) is 4.17. The third-order valence-electron chi connectivity index (χ3n) is 4.00. The van der Waals surface area contributed by atoms with Gasteiger partial charge in [0.15, 0.2) is 0 Å². The van der Waals surface area contributed by atoms with Gasteiger partial charge in [-0.05, 0) is 47.2 Å². The molecule has 0 fully saturated rings. The van der Waals surface area contributed by atoms with Gasteiger partial charge in [0.05, 0.1) is 0 Å². The predicted octanol–water partition coefficient (Wildman–Crippen LogP) is 4.54. The van der Waals surface area contributed by atoms with Crippen LogP contribution < -0.4 is 10.1 Å². The van der Waals surface area contributed by atoms with Crippen molar-refractivity contribution in [3.63, 3.8) is 0 Å². The summed E-state index contributed by atoms with van der Waals surface area (Å²) in [5.41, 5.74) is 0.847. The molecule has 0 aromatic heterocycles. The molecular formula is C23H15FN2O2. The number of carbonyl (C=O) groups excluding carboxylic acids is 1. The summed E-state index contributed by atoms with van der Waals surface area (Å²) < 4.78 is 18.6. The molecule has 0 spiro atoms. The van der Waals surface area contributed by atoms with Gasteiger partial charge >= 0.3 is 0 Å². The van der Waals surface area contributed by atoms with E-state index in [0.29, 0.717) is 17.0 Å². The summed E-state index contributed by atoms with van der Waals surface area (Å²) in [6.07, 6.45) is 6.74. The summed E-state index contributed by atoms with van der Waals surface area (Å²) in [6, 6.07) is 18.4. The van der Waals surface area contributed by atoms with E-state index in [4.69, 9.17) is 11.2 Å². The van der Waals surface area contributed by atoms with E-state index in [1.807, 2.05) is 36.4 Å². The molecule has 0 saturated heterocycles. The first-order chi connectivity index (χ1) is 13.6. The van der Waals surface area contributed by atoms with Crippen molar-refractivity contribution in [2.24, 2.45) is 0 Å². The molecule has 1 amide bonds. The standard InChI is InChI=1S/C23H15FN2O2/c1-2-13-28-22-12-7-16-5-3-4-6-20(16)21(22)14-17(15-25)23(27)26-19-10-8-18(24)9-11-19/h1,3-12,14H,13H2,(H,26,27)/b17-14+. The van der Waals surface area contributed by atoms with Crippen molar-refractivity contribution in [3.8, 4) is 24.2 Å². The fourth-order valence-electron chi connectivity index (χ4n) is 2.69. The number of amides is 1. The molecule has 28 heavy (non-hydrogen) atoms. The Labute approximate surface area is 161 Å². The number of hydrogen-bond donors (Lipinski definition) is 1. The second-order valence-corrected chi connectivity index (χ2v) is 5.82. The molecule has 1 N–H and O–H groups in total. The van der Waals surface area contributed by atoms with Crippen molar-refractivity contribution in [2.75, 3.05) is 11.9 Å². The average molecular weight is 370 g/mol. The highest BCUT2D eigenvalue weighted by molar-refractivity contribution is 6.11. The smallest absolute Gasteiger partial charge is 0.266 e. The molecule has 0 unspecified atom stereocenters. The molecule has 0 saturated carbocycles. The molecule has 0 heterocycles. The van der Waals surface area contributed by atoms with E-state index in [-0.39, 0.29) is 12.2 Å². The molecule has 0 atom stereocenters. The predicted molar refractivity (Wildman–Crippen MR) is 107 cm³/mol. The molecule has 3 aromatic carbocycles. The number of fused-ring (bicyclic) bond motifs is 1. The molecule has 5 heteroatoms. The van der Waals surface area contributed by atoms with Crippen molar-refractivity contribution in [1.29, 1.82) is 5.26 Å². The summed E-state index contributed by atoms with van der Waals surface area (Å²) in [5, 5.41) is 13.8. The molecule has 136 valence electrons. The van der Waals surface area contributed by atoms with Crippen LogP contribution in [0.15, 0.2) is 66.2 Å². The Bertz CT molecular complexity index is 1140. The van der Waals surface area contributed by atoms with Crippen molar-refractivity contribution >= 4 is 28.4 Å². The lowest BCUT2D eigenvalue weighted by atomic mass is 10.0. The number of rotatable bonds is 5. The van der Waals surface area contributed by atoms with E-state index in [1.54, 1.807) is 6.07 Å².